The van der Waals surface area contributed by atoms with Gasteiger partial charge in [0.05, 0.1) is 11.3 Å². The Balaban J connectivity index is 2.67. The normalized spacial score (nSPS) is 11.2. The van der Waals surface area contributed by atoms with Crippen LogP contribution in [-0.2, 0) is 14.6 Å². The number of ether oxygens (including phenoxy) is 1. The van der Waals surface area contributed by atoms with E-state index in [9.17, 15) is 13.2 Å². The third-order valence-electron chi connectivity index (χ3n) is 2.17. The molecule has 0 aliphatic heterocycles. The van der Waals surface area contributed by atoms with Crippen LogP contribution in [0.2, 0.25) is 0 Å². The van der Waals surface area contributed by atoms with Gasteiger partial charge in [0, 0.05) is 11.9 Å². The predicted molar refractivity (Wildman–Crippen MR) is 65.6 cm³/mol. The number of carbonyl (C=O) groups excluding carboxylic acids is 1. The first-order valence-electron chi connectivity index (χ1n) is 5.00. The lowest BCUT2D eigenvalue weighted by atomic mass is 10.1. The zero-order chi connectivity index (χ0) is 13.1. The molecular weight excluding hydrogens is 242 g/mol. The molecule has 0 fully saturated rings. The number of anilines is 1. The molecule has 5 nitrogen and oxygen atoms in total. The van der Waals surface area contributed by atoms with E-state index in [-0.39, 0.29) is 12.4 Å². The van der Waals surface area contributed by atoms with Crippen LogP contribution in [0.25, 0.3) is 0 Å². The van der Waals surface area contributed by atoms with Crippen molar-refractivity contribution in [2.45, 2.75) is 6.92 Å². The molecule has 6 heteroatoms. The SMILES string of the molecule is Cc1ccc(N)cc1C(=O)OCCS(C)(=O)=O. The van der Waals surface area contributed by atoms with Crippen LogP contribution in [-0.4, -0.2) is 33.0 Å². The Morgan fingerprint density at radius 1 is 1.41 bits per heavy atom. The average Bonchev–Trinajstić information content (AvgIpc) is 2.19. The fourth-order valence-electron chi connectivity index (χ4n) is 1.22. The van der Waals surface area contributed by atoms with Crippen molar-refractivity contribution < 1.29 is 17.9 Å². The van der Waals surface area contributed by atoms with Crippen molar-refractivity contribution in [3.8, 4) is 0 Å². The Labute approximate surface area is 100 Å². The first-order valence-corrected chi connectivity index (χ1v) is 7.06. The van der Waals surface area contributed by atoms with Gasteiger partial charge in [-0.25, -0.2) is 13.2 Å². The number of nitrogens with two attached hydrogens (primary N) is 1. The maximum absolute atomic E-state index is 11.6. The van der Waals surface area contributed by atoms with Gasteiger partial charge < -0.3 is 10.5 Å². The summed E-state index contributed by atoms with van der Waals surface area (Å²) in [5.41, 5.74) is 7.12. The summed E-state index contributed by atoms with van der Waals surface area (Å²) in [5.74, 6) is -0.737. The molecule has 17 heavy (non-hydrogen) atoms. The highest BCUT2D eigenvalue weighted by Crippen LogP contribution is 2.13. The molecule has 0 spiro atoms. The Hall–Kier alpha value is -1.56. The van der Waals surface area contributed by atoms with Gasteiger partial charge in [0.1, 0.15) is 6.61 Å². The van der Waals surface area contributed by atoms with Crippen LogP contribution >= 0.6 is 0 Å². The van der Waals surface area contributed by atoms with Crippen molar-refractivity contribution in [2.24, 2.45) is 0 Å². The average molecular weight is 257 g/mol. The van der Waals surface area contributed by atoms with E-state index in [4.69, 9.17) is 10.5 Å². The van der Waals surface area contributed by atoms with Crippen LogP contribution in [0.3, 0.4) is 0 Å². The van der Waals surface area contributed by atoms with Crippen molar-refractivity contribution in [3.05, 3.63) is 29.3 Å². The van der Waals surface area contributed by atoms with E-state index in [1.807, 2.05) is 0 Å². The molecular formula is C11H15NO4S. The number of hydrogen-bond donors (Lipinski definition) is 1. The highest BCUT2D eigenvalue weighted by Gasteiger charge is 2.12. The maximum Gasteiger partial charge on any atom is 0.338 e. The fourth-order valence-corrected chi connectivity index (χ4v) is 1.61. The van der Waals surface area contributed by atoms with E-state index in [2.05, 4.69) is 0 Å². The molecule has 0 radical (unpaired) electrons. The van der Waals surface area contributed by atoms with Gasteiger partial charge in [0.25, 0.3) is 0 Å². The van der Waals surface area contributed by atoms with E-state index in [1.165, 1.54) is 6.07 Å². The summed E-state index contributed by atoms with van der Waals surface area (Å²) in [7, 11) is -3.12. The van der Waals surface area contributed by atoms with Crippen LogP contribution < -0.4 is 5.73 Å². The molecule has 0 unspecified atom stereocenters. The van der Waals surface area contributed by atoms with Crippen LogP contribution in [0.15, 0.2) is 18.2 Å². The maximum atomic E-state index is 11.6. The monoisotopic (exact) mass is 257 g/mol. The molecule has 0 aliphatic carbocycles. The molecule has 94 valence electrons. The number of rotatable bonds is 4. The largest absolute Gasteiger partial charge is 0.461 e. The number of nitrogen functional groups attached to an aromatic ring is 1. The number of aryl methyl sites for hydroxylation is 1. The van der Waals surface area contributed by atoms with Gasteiger partial charge in [-0.1, -0.05) is 6.07 Å². The third-order valence-corrected chi connectivity index (χ3v) is 3.08. The lowest BCUT2D eigenvalue weighted by molar-refractivity contribution is 0.0528. The van der Waals surface area contributed by atoms with Crippen molar-refractivity contribution in [2.75, 3.05) is 24.3 Å². The summed E-state index contributed by atoms with van der Waals surface area (Å²) in [6.07, 6.45) is 1.09. The Bertz CT molecular complexity index is 522. The molecule has 0 amide bonds. The van der Waals surface area contributed by atoms with E-state index in [0.717, 1.165) is 11.8 Å². The van der Waals surface area contributed by atoms with Crippen molar-refractivity contribution >= 4 is 21.5 Å². The van der Waals surface area contributed by atoms with E-state index in [0.29, 0.717) is 11.3 Å². The summed E-state index contributed by atoms with van der Waals surface area (Å²) in [5, 5.41) is 0. The van der Waals surface area contributed by atoms with E-state index in [1.54, 1.807) is 19.1 Å². The third kappa shape index (κ3) is 4.44. The second-order valence-electron chi connectivity index (χ2n) is 3.84. The van der Waals surface area contributed by atoms with Crippen LogP contribution in [0.1, 0.15) is 15.9 Å². The number of esters is 1. The molecule has 2 N–H and O–H groups in total. The van der Waals surface area contributed by atoms with Crippen LogP contribution in [0, 0.1) is 6.92 Å². The molecule has 1 aromatic carbocycles. The molecule has 0 bridgehead atoms. The van der Waals surface area contributed by atoms with Gasteiger partial charge in [-0.2, -0.15) is 0 Å². The number of benzene rings is 1. The molecule has 1 rings (SSSR count). The van der Waals surface area contributed by atoms with Gasteiger partial charge in [0.15, 0.2) is 9.84 Å². The quantitative estimate of drug-likeness (QED) is 0.636. The van der Waals surface area contributed by atoms with Crippen molar-refractivity contribution in [1.82, 2.24) is 0 Å². The summed E-state index contributed by atoms with van der Waals surface area (Å²) < 4.78 is 26.6. The second-order valence-corrected chi connectivity index (χ2v) is 6.10. The zero-order valence-corrected chi connectivity index (χ0v) is 10.6. The minimum atomic E-state index is -3.12. The second kappa shape index (κ2) is 5.18. The van der Waals surface area contributed by atoms with Gasteiger partial charge in [-0.3, -0.25) is 0 Å². The molecule has 0 heterocycles. The van der Waals surface area contributed by atoms with Gasteiger partial charge in [-0.15, -0.1) is 0 Å². The summed E-state index contributed by atoms with van der Waals surface area (Å²) in [6, 6.07) is 4.91. The molecule has 0 aromatic heterocycles. The van der Waals surface area contributed by atoms with E-state index >= 15 is 0 Å². The molecule has 0 saturated carbocycles. The number of carbonyl (C=O) groups is 1. The minimum Gasteiger partial charge on any atom is -0.461 e. The van der Waals surface area contributed by atoms with E-state index < -0.39 is 15.8 Å². The smallest absolute Gasteiger partial charge is 0.338 e. The highest BCUT2D eigenvalue weighted by atomic mass is 32.2. The topological polar surface area (TPSA) is 86.5 Å². The first-order chi connectivity index (χ1) is 7.79. The summed E-state index contributed by atoms with van der Waals surface area (Å²) in [6.45, 7) is 1.61. The molecule has 1 aromatic rings. The number of sulfone groups is 1. The van der Waals surface area contributed by atoms with Crippen molar-refractivity contribution in [1.29, 1.82) is 0 Å². The minimum absolute atomic E-state index is 0.147. The fraction of sp³-hybridized carbons (Fsp3) is 0.364. The number of hydrogen-bond acceptors (Lipinski definition) is 5. The van der Waals surface area contributed by atoms with Gasteiger partial charge in [-0.05, 0) is 24.6 Å². The lowest BCUT2D eigenvalue weighted by Crippen LogP contribution is -2.15. The Morgan fingerprint density at radius 3 is 2.65 bits per heavy atom. The molecule has 0 saturated heterocycles. The first kappa shape index (κ1) is 13.5. The lowest BCUT2D eigenvalue weighted by Gasteiger charge is -2.07. The summed E-state index contributed by atoms with van der Waals surface area (Å²) in [4.78, 5) is 11.6. The Kier molecular flexibility index (Phi) is 4.11. The Morgan fingerprint density at radius 2 is 2.06 bits per heavy atom. The zero-order valence-electron chi connectivity index (χ0n) is 9.76. The van der Waals surface area contributed by atoms with Crippen LogP contribution in [0.4, 0.5) is 5.69 Å². The van der Waals surface area contributed by atoms with Gasteiger partial charge in [0.2, 0.25) is 0 Å². The molecule has 0 aliphatic rings. The molecule has 0 atom stereocenters. The standard InChI is InChI=1S/C11H15NO4S/c1-8-3-4-9(12)7-10(8)11(13)16-5-6-17(2,14)15/h3-4,7H,5-6,12H2,1-2H3. The van der Waals surface area contributed by atoms with Crippen molar-refractivity contribution in [3.63, 3.8) is 0 Å². The highest BCUT2D eigenvalue weighted by molar-refractivity contribution is 7.90. The summed E-state index contributed by atoms with van der Waals surface area (Å²) >= 11 is 0. The predicted octanol–water partition coefficient (Wildman–Crippen LogP) is 0.779. The van der Waals surface area contributed by atoms with Gasteiger partial charge >= 0.3 is 5.97 Å². The van der Waals surface area contributed by atoms with Crippen LogP contribution in [0.5, 0.6) is 0 Å².